The van der Waals surface area contributed by atoms with E-state index in [0.29, 0.717) is 12.5 Å². The molecule has 0 spiro atoms. The van der Waals surface area contributed by atoms with Crippen molar-refractivity contribution in [1.29, 1.82) is 0 Å². The van der Waals surface area contributed by atoms with Crippen LogP contribution in [0.1, 0.15) is 25.6 Å². The molecule has 0 radical (unpaired) electrons. The van der Waals surface area contributed by atoms with Gasteiger partial charge >= 0.3 is 0 Å². The Kier molecular flexibility index (Phi) is 3.90. The molecule has 5 nitrogen and oxygen atoms in total. The Morgan fingerprint density at radius 2 is 2.44 bits per heavy atom. The molecule has 90 valence electrons. The second kappa shape index (κ2) is 5.41. The van der Waals surface area contributed by atoms with Crippen LogP contribution in [0.2, 0.25) is 0 Å². The Bertz CT molecular complexity index is 326. The van der Waals surface area contributed by atoms with Crippen LogP contribution in [0.15, 0.2) is 6.33 Å². The zero-order chi connectivity index (χ0) is 11.4. The quantitative estimate of drug-likeness (QED) is 0.791. The van der Waals surface area contributed by atoms with E-state index in [1.54, 1.807) is 6.33 Å². The minimum absolute atomic E-state index is 0.304. The molecule has 0 bridgehead atoms. The van der Waals surface area contributed by atoms with Gasteiger partial charge in [-0.25, -0.2) is 9.67 Å². The Balaban J connectivity index is 1.91. The van der Waals surface area contributed by atoms with E-state index in [9.17, 15) is 0 Å². The predicted octanol–water partition coefficient (Wildman–Crippen LogP) is 0.502. The normalized spacial score (nSPS) is 21.8. The Labute approximate surface area is 96.1 Å². The van der Waals surface area contributed by atoms with E-state index in [2.05, 4.69) is 21.9 Å². The molecule has 1 fully saturated rings. The van der Waals surface area contributed by atoms with Crippen LogP contribution in [-0.2, 0) is 13.1 Å². The van der Waals surface area contributed by atoms with Crippen LogP contribution in [-0.4, -0.2) is 44.5 Å². The molecule has 0 amide bonds. The molecule has 16 heavy (non-hydrogen) atoms. The zero-order valence-electron chi connectivity index (χ0n) is 9.84. The summed E-state index contributed by atoms with van der Waals surface area (Å²) in [7, 11) is 0. The molecular weight excluding hydrogens is 204 g/mol. The summed E-state index contributed by atoms with van der Waals surface area (Å²) in [5, 5.41) is 13.3. The Morgan fingerprint density at radius 1 is 1.56 bits per heavy atom. The van der Waals surface area contributed by atoms with Gasteiger partial charge in [0.15, 0.2) is 0 Å². The Hall–Kier alpha value is -0.940. The van der Waals surface area contributed by atoms with Gasteiger partial charge in [0.05, 0.1) is 6.54 Å². The maximum absolute atomic E-state index is 9.09. The molecule has 1 aliphatic rings. The van der Waals surface area contributed by atoms with Crippen LogP contribution in [0, 0.1) is 5.92 Å². The number of aliphatic hydroxyl groups is 1. The molecule has 2 rings (SSSR count). The van der Waals surface area contributed by atoms with E-state index < -0.39 is 0 Å². The lowest BCUT2D eigenvalue weighted by molar-refractivity contribution is 0.218. The smallest absolute Gasteiger partial charge is 0.141 e. The number of likely N-dealkylation sites (tertiary alicyclic amines) is 1. The van der Waals surface area contributed by atoms with Crippen molar-refractivity contribution in [2.24, 2.45) is 5.92 Å². The molecule has 2 heterocycles. The van der Waals surface area contributed by atoms with Crippen molar-refractivity contribution in [3.63, 3.8) is 0 Å². The van der Waals surface area contributed by atoms with Gasteiger partial charge in [0.1, 0.15) is 12.2 Å². The van der Waals surface area contributed by atoms with Gasteiger partial charge in [0.2, 0.25) is 0 Å². The van der Waals surface area contributed by atoms with E-state index in [-0.39, 0.29) is 0 Å². The summed E-state index contributed by atoms with van der Waals surface area (Å²) in [6.45, 7) is 6.28. The third kappa shape index (κ3) is 2.59. The van der Waals surface area contributed by atoms with Gasteiger partial charge in [-0.1, -0.05) is 6.92 Å². The molecule has 1 aromatic heterocycles. The standard InChI is InChI=1S/C11H20N4O/c1-2-4-15-11(12-9-13-15)7-14-5-3-10(6-14)8-16/h9-10,16H,2-8H2,1H3. The van der Waals surface area contributed by atoms with Crippen LogP contribution >= 0.6 is 0 Å². The van der Waals surface area contributed by atoms with Crippen molar-refractivity contribution in [1.82, 2.24) is 19.7 Å². The van der Waals surface area contributed by atoms with Crippen molar-refractivity contribution >= 4 is 0 Å². The van der Waals surface area contributed by atoms with Gasteiger partial charge in [-0.2, -0.15) is 5.10 Å². The average Bonchev–Trinajstić information content (AvgIpc) is 2.90. The minimum atomic E-state index is 0.304. The lowest BCUT2D eigenvalue weighted by Crippen LogP contribution is -2.23. The first-order valence-electron chi connectivity index (χ1n) is 6.03. The summed E-state index contributed by atoms with van der Waals surface area (Å²) in [4.78, 5) is 6.64. The highest BCUT2D eigenvalue weighted by Crippen LogP contribution is 2.17. The SMILES string of the molecule is CCCn1ncnc1CN1CCC(CO)C1. The molecule has 1 unspecified atom stereocenters. The summed E-state index contributed by atoms with van der Waals surface area (Å²) in [5.74, 6) is 1.49. The highest BCUT2D eigenvalue weighted by atomic mass is 16.3. The van der Waals surface area contributed by atoms with Gasteiger partial charge < -0.3 is 5.11 Å². The van der Waals surface area contributed by atoms with E-state index in [4.69, 9.17) is 5.11 Å². The predicted molar refractivity (Wildman–Crippen MR) is 60.8 cm³/mol. The lowest BCUT2D eigenvalue weighted by atomic mass is 10.1. The summed E-state index contributed by atoms with van der Waals surface area (Å²) in [5.41, 5.74) is 0. The molecular formula is C11H20N4O. The number of rotatable bonds is 5. The largest absolute Gasteiger partial charge is 0.396 e. The maximum Gasteiger partial charge on any atom is 0.141 e. The van der Waals surface area contributed by atoms with Gasteiger partial charge in [0, 0.05) is 19.7 Å². The summed E-state index contributed by atoms with van der Waals surface area (Å²) in [6.07, 6.45) is 3.80. The molecule has 5 heteroatoms. The van der Waals surface area contributed by atoms with Crippen molar-refractivity contribution in [2.45, 2.75) is 32.9 Å². The van der Waals surface area contributed by atoms with E-state index in [1.807, 2.05) is 4.68 Å². The molecule has 0 saturated carbocycles. The first-order chi connectivity index (χ1) is 7.83. The highest BCUT2D eigenvalue weighted by Gasteiger charge is 2.22. The molecule has 1 saturated heterocycles. The Morgan fingerprint density at radius 3 is 3.12 bits per heavy atom. The number of hydrogen-bond donors (Lipinski definition) is 1. The maximum atomic E-state index is 9.09. The highest BCUT2D eigenvalue weighted by molar-refractivity contribution is 4.87. The number of aliphatic hydroxyl groups excluding tert-OH is 1. The number of hydrogen-bond acceptors (Lipinski definition) is 4. The van der Waals surface area contributed by atoms with Crippen LogP contribution in [0.25, 0.3) is 0 Å². The fourth-order valence-corrected chi connectivity index (χ4v) is 2.21. The van der Waals surface area contributed by atoms with Crippen LogP contribution in [0.3, 0.4) is 0 Å². The summed E-state index contributed by atoms with van der Waals surface area (Å²) < 4.78 is 1.98. The fraction of sp³-hybridized carbons (Fsp3) is 0.818. The van der Waals surface area contributed by atoms with E-state index in [1.165, 1.54) is 0 Å². The fourth-order valence-electron chi connectivity index (χ4n) is 2.21. The molecule has 1 aromatic rings. The van der Waals surface area contributed by atoms with Gasteiger partial charge in [0.25, 0.3) is 0 Å². The average molecular weight is 224 g/mol. The lowest BCUT2D eigenvalue weighted by Gasteiger charge is -2.15. The topological polar surface area (TPSA) is 54.2 Å². The first-order valence-corrected chi connectivity index (χ1v) is 6.03. The van der Waals surface area contributed by atoms with Crippen molar-refractivity contribution in [3.8, 4) is 0 Å². The van der Waals surface area contributed by atoms with E-state index in [0.717, 1.165) is 44.8 Å². The third-order valence-electron chi connectivity index (χ3n) is 3.12. The molecule has 1 aliphatic heterocycles. The molecule has 1 atom stereocenters. The second-order valence-electron chi connectivity index (χ2n) is 4.47. The first kappa shape index (κ1) is 11.5. The van der Waals surface area contributed by atoms with Crippen molar-refractivity contribution in [3.05, 3.63) is 12.2 Å². The van der Waals surface area contributed by atoms with Crippen LogP contribution in [0.4, 0.5) is 0 Å². The second-order valence-corrected chi connectivity index (χ2v) is 4.47. The van der Waals surface area contributed by atoms with Crippen molar-refractivity contribution < 1.29 is 5.11 Å². The van der Waals surface area contributed by atoms with Gasteiger partial charge in [-0.3, -0.25) is 4.90 Å². The zero-order valence-corrected chi connectivity index (χ0v) is 9.84. The van der Waals surface area contributed by atoms with Crippen LogP contribution < -0.4 is 0 Å². The molecule has 1 N–H and O–H groups in total. The van der Waals surface area contributed by atoms with Gasteiger partial charge in [-0.05, 0) is 25.3 Å². The third-order valence-corrected chi connectivity index (χ3v) is 3.12. The molecule has 0 aliphatic carbocycles. The monoisotopic (exact) mass is 224 g/mol. The summed E-state index contributed by atoms with van der Waals surface area (Å²) >= 11 is 0. The minimum Gasteiger partial charge on any atom is -0.396 e. The van der Waals surface area contributed by atoms with E-state index >= 15 is 0 Å². The van der Waals surface area contributed by atoms with Crippen LogP contribution in [0.5, 0.6) is 0 Å². The number of aromatic nitrogens is 3. The number of aryl methyl sites for hydroxylation is 1. The van der Waals surface area contributed by atoms with Crippen molar-refractivity contribution in [2.75, 3.05) is 19.7 Å². The summed E-state index contributed by atoms with van der Waals surface area (Å²) in [6, 6.07) is 0. The van der Waals surface area contributed by atoms with Gasteiger partial charge in [-0.15, -0.1) is 0 Å². The number of nitrogens with zero attached hydrogens (tertiary/aromatic N) is 4. The molecule has 0 aromatic carbocycles.